The van der Waals surface area contributed by atoms with Crippen LogP contribution in [0.4, 0.5) is 0 Å². The van der Waals surface area contributed by atoms with Gasteiger partial charge in [-0.25, -0.2) is 13.1 Å². The number of ketones is 1. The van der Waals surface area contributed by atoms with Gasteiger partial charge in [0.25, 0.3) is 0 Å². The Labute approximate surface area is 115 Å². The van der Waals surface area contributed by atoms with E-state index in [4.69, 9.17) is 0 Å². The molecule has 106 valence electrons. The van der Waals surface area contributed by atoms with Gasteiger partial charge in [-0.3, -0.25) is 4.79 Å². The second-order valence-corrected chi connectivity index (χ2v) is 6.57. The number of Topliss-reactive ketones (excluding diaryl/α,β-unsaturated/α-hetero) is 1. The highest BCUT2D eigenvalue weighted by Crippen LogP contribution is 2.14. The van der Waals surface area contributed by atoms with Gasteiger partial charge in [-0.15, -0.1) is 0 Å². The highest BCUT2D eigenvalue weighted by atomic mass is 32.2. The molecule has 0 saturated heterocycles. The molecule has 0 aliphatic rings. The Balaban J connectivity index is 2.95. The Bertz CT molecular complexity index is 535. The first-order valence-corrected chi connectivity index (χ1v) is 8.00. The van der Waals surface area contributed by atoms with E-state index in [-0.39, 0.29) is 16.6 Å². The zero-order chi connectivity index (χ0) is 14.5. The Hall–Kier alpha value is -1.20. The van der Waals surface area contributed by atoms with Gasteiger partial charge in [0.15, 0.2) is 5.78 Å². The molecule has 0 atom stereocenters. The number of carbonyl (C=O) groups excluding carboxylic acids is 1. The minimum atomic E-state index is -3.52. The van der Waals surface area contributed by atoms with Gasteiger partial charge in [0.1, 0.15) is 0 Å². The second kappa shape index (κ2) is 6.82. The number of carbonyl (C=O) groups is 1. The Morgan fingerprint density at radius 1 is 1.32 bits per heavy atom. The van der Waals surface area contributed by atoms with Gasteiger partial charge in [-0.05, 0) is 18.6 Å². The van der Waals surface area contributed by atoms with Crippen LogP contribution < -0.4 is 4.72 Å². The molecular formula is C14H21NO3S. The zero-order valence-electron chi connectivity index (χ0n) is 11.6. The van der Waals surface area contributed by atoms with E-state index in [2.05, 4.69) is 4.72 Å². The highest BCUT2D eigenvalue weighted by molar-refractivity contribution is 7.89. The summed E-state index contributed by atoms with van der Waals surface area (Å²) in [6, 6.07) is 6.19. The normalized spacial score (nSPS) is 11.8. The van der Waals surface area contributed by atoms with Crippen molar-refractivity contribution < 1.29 is 13.2 Å². The molecule has 0 radical (unpaired) electrons. The maximum absolute atomic E-state index is 12.0. The van der Waals surface area contributed by atoms with Crippen LogP contribution in [0.3, 0.4) is 0 Å². The third kappa shape index (κ3) is 4.44. The molecule has 0 aliphatic heterocycles. The SMILES string of the molecule is CCCCNS(=O)(=O)c1cccc(C(=O)C(C)C)c1. The summed E-state index contributed by atoms with van der Waals surface area (Å²) in [6.07, 6.45) is 1.72. The second-order valence-electron chi connectivity index (χ2n) is 4.80. The number of rotatable bonds is 7. The molecule has 0 amide bonds. The number of nitrogens with one attached hydrogen (secondary N) is 1. The van der Waals surface area contributed by atoms with E-state index < -0.39 is 10.0 Å². The lowest BCUT2D eigenvalue weighted by atomic mass is 10.0. The number of sulfonamides is 1. The third-order valence-corrected chi connectivity index (χ3v) is 4.23. The van der Waals surface area contributed by atoms with Crippen molar-refractivity contribution in [2.75, 3.05) is 6.54 Å². The largest absolute Gasteiger partial charge is 0.294 e. The molecular weight excluding hydrogens is 262 g/mol. The van der Waals surface area contributed by atoms with Crippen LogP contribution in [0, 0.1) is 5.92 Å². The van der Waals surface area contributed by atoms with Crippen LogP contribution in [0.2, 0.25) is 0 Å². The molecule has 1 N–H and O–H groups in total. The van der Waals surface area contributed by atoms with Gasteiger partial charge in [-0.2, -0.15) is 0 Å². The minimum Gasteiger partial charge on any atom is -0.294 e. The summed E-state index contributed by atoms with van der Waals surface area (Å²) >= 11 is 0. The van der Waals surface area contributed by atoms with Crippen molar-refractivity contribution >= 4 is 15.8 Å². The Morgan fingerprint density at radius 3 is 2.58 bits per heavy atom. The molecule has 5 heteroatoms. The predicted molar refractivity (Wildman–Crippen MR) is 75.7 cm³/mol. The molecule has 0 aromatic heterocycles. The van der Waals surface area contributed by atoms with Crippen molar-refractivity contribution in [2.45, 2.75) is 38.5 Å². The Morgan fingerprint density at radius 2 is 2.00 bits per heavy atom. The van der Waals surface area contributed by atoms with Crippen LogP contribution in [-0.4, -0.2) is 20.7 Å². The molecule has 4 nitrogen and oxygen atoms in total. The molecule has 1 aromatic carbocycles. The molecule has 0 spiro atoms. The summed E-state index contributed by atoms with van der Waals surface area (Å²) in [7, 11) is -3.52. The van der Waals surface area contributed by atoms with E-state index in [1.807, 2.05) is 6.92 Å². The average Bonchev–Trinajstić information content (AvgIpc) is 2.38. The number of hydrogen-bond donors (Lipinski definition) is 1. The van der Waals surface area contributed by atoms with Crippen molar-refractivity contribution in [2.24, 2.45) is 5.92 Å². The molecule has 0 bridgehead atoms. The molecule has 0 saturated carbocycles. The maximum atomic E-state index is 12.0. The van der Waals surface area contributed by atoms with Gasteiger partial charge < -0.3 is 0 Å². The van der Waals surface area contributed by atoms with E-state index in [0.717, 1.165) is 12.8 Å². The van der Waals surface area contributed by atoms with Crippen molar-refractivity contribution in [1.29, 1.82) is 0 Å². The minimum absolute atomic E-state index is 0.0504. The van der Waals surface area contributed by atoms with E-state index in [0.29, 0.717) is 12.1 Å². The number of unbranched alkanes of at least 4 members (excludes halogenated alkanes) is 1. The van der Waals surface area contributed by atoms with Gasteiger partial charge in [0.2, 0.25) is 10.0 Å². The molecule has 0 aliphatic carbocycles. The first-order valence-electron chi connectivity index (χ1n) is 6.52. The fourth-order valence-corrected chi connectivity index (χ4v) is 2.74. The lowest BCUT2D eigenvalue weighted by Gasteiger charge is -2.09. The maximum Gasteiger partial charge on any atom is 0.240 e. The standard InChI is InChI=1S/C14H21NO3S/c1-4-5-9-15-19(17,18)13-8-6-7-12(10-13)14(16)11(2)3/h6-8,10-11,15H,4-5,9H2,1-3H3. The number of hydrogen-bond acceptors (Lipinski definition) is 3. The quantitative estimate of drug-likeness (QED) is 0.618. The third-order valence-electron chi connectivity index (χ3n) is 2.78. The Kier molecular flexibility index (Phi) is 5.69. The summed E-state index contributed by atoms with van der Waals surface area (Å²) in [5.74, 6) is -0.198. The van der Waals surface area contributed by atoms with Crippen LogP contribution in [0.1, 0.15) is 44.0 Å². The molecule has 19 heavy (non-hydrogen) atoms. The van der Waals surface area contributed by atoms with Crippen LogP contribution in [-0.2, 0) is 10.0 Å². The highest BCUT2D eigenvalue weighted by Gasteiger charge is 2.16. The zero-order valence-corrected chi connectivity index (χ0v) is 12.5. The van der Waals surface area contributed by atoms with Crippen molar-refractivity contribution in [1.82, 2.24) is 4.72 Å². The van der Waals surface area contributed by atoms with Crippen LogP contribution >= 0.6 is 0 Å². The molecule has 1 aromatic rings. The smallest absolute Gasteiger partial charge is 0.240 e. The van der Waals surface area contributed by atoms with Crippen molar-refractivity contribution in [3.8, 4) is 0 Å². The molecule has 0 heterocycles. The first kappa shape index (κ1) is 15.9. The van der Waals surface area contributed by atoms with Gasteiger partial charge >= 0.3 is 0 Å². The summed E-state index contributed by atoms with van der Waals surface area (Å²) in [4.78, 5) is 12.0. The van der Waals surface area contributed by atoms with Crippen LogP contribution in [0.25, 0.3) is 0 Å². The van der Waals surface area contributed by atoms with E-state index in [1.54, 1.807) is 26.0 Å². The summed E-state index contributed by atoms with van der Waals surface area (Å²) < 4.78 is 26.6. The van der Waals surface area contributed by atoms with Crippen LogP contribution in [0.5, 0.6) is 0 Å². The van der Waals surface area contributed by atoms with E-state index >= 15 is 0 Å². The van der Waals surface area contributed by atoms with E-state index in [9.17, 15) is 13.2 Å². The molecule has 0 unspecified atom stereocenters. The topological polar surface area (TPSA) is 63.2 Å². The average molecular weight is 283 g/mol. The molecule has 0 fully saturated rings. The van der Waals surface area contributed by atoms with Crippen molar-refractivity contribution in [3.63, 3.8) is 0 Å². The van der Waals surface area contributed by atoms with Gasteiger partial charge in [0, 0.05) is 18.0 Å². The fraction of sp³-hybridized carbons (Fsp3) is 0.500. The summed E-state index contributed by atoms with van der Waals surface area (Å²) in [5, 5.41) is 0. The number of benzene rings is 1. The monoisotopic (exact) mass is 283 g/mol. The lowest BCUT2D eigenvalue weighted by Crippen LogP contribution is -2.25. The lowest BCUT2D eigenvalue weighted by molar-refractivity contribution is 0.0939. The van der Waals surface area contributed by atoms with Crippen LogP contribution in [0.15, 0.2) is 29.2 Å². The molecule has 1 rings (SSSR count). The summed E-state index contributed by atoms with van der Waals surface area (Å²) in [6.45, 7) is 6.00. The van der Waals surface area contributed by atoms with E-state index in [1.165, 1.54) is 12.1 Å². The van der Waals surface area contributed by atoms with Crippen molar-refractivity contribution in [3.05, 3.63) is 29.8 Å². The van der Waals surface area contributed by atoms with Gasteiger partial charge in [0.05, 0.1) is 4.90 Å². The summed E-state index contributed by atoms with van der Waals surface area (Å²) in [5.41, 5.74) is 0.438. The predicted octanol–water partition coefficient (Wildman–Crippen LogP) is 2.60. The first-order chi connectivity index (χ1) is 8.88. The fourth-order valence-electron chi connectivity index (χ4n) is 1.62. The van der Waals surface area contributed by atoms with Gasteiger partial charge in [-0.1, -0.05) is 39.3 Å².